The molecule has 0 bridgehead atoms. The molecule has 0 aromatic rings. The van der Waals surface area contributed by atoms with Crippen LogP contribution in [0, 0.1) is 5.92 Å². The molecule has 0 spiro atoms. The fourth-order valence-electron chi connectivity index (χ4n) is 7.86. The van der Waals surface area contributed by atoms with Gasteiger partial charge in [-0.1, -0.05) is 252 Å². The number of hydrogen-bond acceptors (Lipinski definition) is 6. The molecule has 0 aliphatic rings. The second kappa shape index (κ2) is 46.5. The van der Waals surface area contributed by atoms with E-state index < -0.39 is 6.10 Å². The molecule has 0 aromatic heterocycles. The molecule has 6 heteroatoms. The molecule has 0 saturated carbocycles. The summed E-state index contributed by atoms with van der Waals surface area (Å²) >= 11 is 0. The molecule has 0 aromatic carbocycles. The smallest absolute Gasteiger partial charge is 0.306 e. The van der Waals surface area contributed by atoms with Crippen LogP contribution in [-0.2, 0) is 28.6 Å². The number of hydrogen-bond donors (Lipinski definition) is 0. The fraction of sp³-hybridized carbons (Fsp3) is 0.942. The van der Waals surface area contributed by atoms with E-state index in [2.05, 4.69) is 27.7 Å². The highest BCUT2D eigenvalue weighted by molar-refractivity contribution is 5.71. The topological polar surface area (TPSA) is 78.9 Å². The molecule has 344 valence electrons. The average Bonchev–Trinajstić information content (AvgIpc) is 3.21. The summed E-state index contributed by atoms with van der Waals surface area (Å²) in [6, 6.07) is 0. The van der Waals surface area contributed by atoms with Gasteiger partial charge in [-0.05, 0) is 25.2 Å². The molecule has 6 nitrogen and oxygen atoms in total. The first-order valence-corrected chi connectivity index (χ1v) is 25.9. The summed E-state index contributed by atoms with van der Waals surface area (Å²) in [6.45, 7) is 8.99. The van der Waals surface area contributed by atoms with E-state index in [9.17, 15) is 14.4 Å². The second-order valence-electron chi connectivity index (χ2n) is 18.3. The van der Waals surface area contributed by atoms with Crippen molar-refractivity contribution in [1.29, 1.82) is 0 Å². The Morgan fingerprint density at radius 3 is 0.845 bits per heavy atom. The van der Waals surface area contributed by atoms with Crippen LogP contribution in [0.2, 0.25) is 0 Å². The van der Waals surface area contributed by atoms with Gasteiger partial charge in [0.2, 0.25) is 0 Å². The van der Waals surface area contributed by atoms with Crippen LogP contribution in [0.25, 0.3) is 0 Å². The van der Waals surface area contributed by atoms with Crippen LogP contribution in [-0.4, -0.2) is 37.2 Å². The first-order valence-electron chi connectivity index (χ1n) is 25.9. The maximum absolute atomic E-state index is 12.8. The van der Waals surface area contributed by atoms with Crippen molar-refractivity contribution in [2.45, 2.75) is 297 Å². The largest absolute Gasteiger partial charge is 0.462 e. The van der Waals surface area contributed by atoms with Crippen LogP contribution in [0.15, 0.2) is 0 Å². The molecule has 0 radical (unpaired) electrons. The van der Waals surface area contributed by atoms with E-state index in [0.717, 1.165) is 63.7 Å². The van der Waals surface area contributed by atoms with Crippen LogP contribution < -0.4 is 0 Å². The van der Waals surface area contributed by atoms with Crippen LogP contribution in [0.3, 0.4) is 0 Å². The lowest BCUT2D eigenvalue weighted by Crippen LogP contribution is -2.30. The first kappa shape index (κ1) is 56.4. The summed E-state index contributed by atoms with van der Waals surface area (Å²) in [5.41, 5.74) is 0. The number of ether oxygens (including phenoxy) is 3. The minimum Gasteiger partial charge on any atom is -0.462 e. The van der Waals surface area contributed by atoms with Crippen LogP contribution in [0.4, 0.5) is 0 Å². The van der Waals surface area contributed by atoms with E-state index in [-0.39, 0.29) is 31.1 Å². The summed E-state index contributed by atoms with van der Waals surface area (Å²) in [7, 11) is 0. The zero-order chi connectivity index (χ0) is 42.4. The lowest BCUT2D eigenvalue weighted by atomic mass is 10.0. The number of rotatable bonds is 47. The highest BCUT2D eigenvalue weighted by Crippen LogP contribution is 2.17. The predicted octanol–water partition coefficient (Wildman–Crippen LogP) is 16.7. The van der Waals surface area contributed by atoms with Crippen molar-refractivity contribution < 1.29 is 28.6 Å². The van der Waals surface area contributed by atoms with Crippen molar-refractivity contribution >= 4 is 17.9 Å². The maximum atomic E-state index is 12.8. The van der Waals surface area contributed by atoms with Crippen molar-refractivity contribution in [3.05, 3.63) is 0 Å². The van der Waals surface area contributed by atoms with Gasteiger partial charge in [0.05, 0.1) is 0 Å². The van der Waals surface area contributed by atoms with Crippen molar-refractivity contribution in [3.63, 3.8) is 0 Å². The molecule has 0 aliphatic carbocycles. The SMILES string of the molecule is CCCCCCCCCCCCCCCCCCCCC(=O)O[C@@H](COC(=O)CCCCCCCCCCCCC)COC(=O)CCCCCCCCCCC(C)C. The Bertz CT molecular complexity index is 872. The van der Waals surface area contributed by atoms with Gasteiger partial charge in [-0.25, -0.2) is 0 Å². The van der Waals surface area contributed by atoms with Gasteiger partial charge >= 0.3 is 17.9 Å². The van der Waals surface area contributed by atoms with Gasteiger partial charge in [-0.2, -0.15) is 0 Å². The predicted molar refractivity (Wildman–Crippen MR) is 247 cm³/mol. The summed E-state index contributed by atoms with van der Waals surface area (Å²) in [4.78, 5) is 37.9. The van der Waals surface area contributed by atoms with E-state index >= 15 is 0 Å². The number of carbonyl (C=O) groups is 3. The Hall–Kier alpha value is -1.59. The van der Waals surface area contributed by atoms with Gasteiger partial charge in [0.25, 0.3) is 0 Å². The van der Waals surface area contributed by atoms with E-state index in [4.69, 9.17) is 14.2 Å². The van der Waals surface area contributed by atoms with Crippen molar-refractivity contribution in [2.75, 3.05) is 13.2 Å². The molecule has 1 atom stereocenters. The Balaban J connectivity index is 4.27. The van der Waals surface area contributed by atoms with Gasteiger partial charge in [0, 0.05) is 19.3 Å². The van der Waals surface area contributed by atoms with Gasteiger partial charge in [-0.3, -0.25) is 14.4 Å². The molecule has 0 unspecified atom stereocenters. The monoisotopic (exact) mass is 821 g/mol. The quantitative estimate of drug-likeness (QED) is 0.0346. The second-order valence-corrected chi connectivity index (χ2v) is 18.3. The van der Waals surface area contributed by atoms with E-state index in [0.29, 0.717) is 19.3 Å². The van der Waals surface area contributed by atoms with E-state index in [1.54, 1.807) is 0 Å². The Kier molecular flexibility index (Phi) is 45.2. The normalized spacial score (nSPS) is 11.9. The third-order valence-corrected chi connectivity index (χ3v) is 11.8. The standard InChI is InChI=1S/C52H100O6/c1-5-7-9-11-13-15-17-18-19-20-21-22-23-25-27-33-37-41-45-52(55)58-49(46-56-50(53)43-39-35-31-26-24-16-14-12-10-8-6-2)47-57-51(54)44-40-36-32-29-28-30-34-38-42-48(3)4/h48-49H,5-47H2,1-4H3/t49-/m0/s1. The van der Waals surface area contributed by atoms with E-state index in [1.165, 1.54) is 186 Å². The minimum absolute atomic E-state index is 0.0633. The number of carbonyl (C=O) groups excluding carboxylic acids is 3. The van der Waals surface area contributed by atoms with Crippen LogP contribution in [0.1, 0.15) is 291 Å². The zero-order valence-corrected chi connectivity index (χ0v) is 39.5. The first-order chi connectivity index (χ1) is 28.4. The average molecular weight is 821 g/mol. The number of unbranched alkanes of at least 4 members (excludes halogenated alkanes) is 34. The molecule has 0 fully saturated rings. The third-order valence-electron chi connectivity index (χ3n) is 11.8. The molecule has 0 aliphatic heterocycles. The third kappa shape index (κ3) is 45.5. The van der Waals surface area contributed by atoms with E-state index in [1.807, 2.05) is 0 Å². The molecule has 0 rings (SSSR count). The highest BCUT2D eigenvalue weighted by Gasteiger charge is 2.19. The summed E-state index contributed by atoms with van der Waals surface area (Å²) in [5, 5.41) is 0. The molecule has 58 heavy (non-hydrogen) atoms. The molecule has 0 saturated heterocycles. The summed E-state index contributed by atoms with van der Waals surface area (Å²) in [5.74, 6) is -0.0510. The van der Waals surface area contributed by atoms with Crippen LogP contribution in [0.5, 0.6) is 0 Å². The molecule has 0 heterocycles. The summed E-state index contributed by atoms with van der Waals surface area (Å²) in [6.07, 6.45) is 48.1. The van der Waals surface area contributed by atoms with Crippen molar-refractivity contribution in [3.8, 4) is 0 Å². The maximum Gasteiger partial charge on any atom is 0.306 e. The fourth-order valence-corrected chi connectivity index (χ4v) is 7.86. The van der Waals surface area contributed by atoms with Gasteiger partial charge in [-0.15, -0.1) is 0 Å². The zero-order valence-electron chi connectivity index (χ0n) is 39.5. The highest BCUT2D eigenvalue weighted by atomic mass is 16.6. The lowest BCUT2D eigenvalue weighted by Gasteiger charge is -2.18. The van der Waals surface area contributed by atoms with Crippen molar-refractivity contribution in [2.24, 2.45) is 5.92 Å². The molecular formula is C52H100O6. The molecular weight excluding hydrogens is 721 g/mol. The molecule has 0 N–H and O–H groups in total. The minimum atomic E-state index is -0.760. The van der Waals surface area contributed by atoms with Crippen LogP contribution >= 0.6 is 0 Å². The lowest BCUT2D eigenvalue weighted by molar-refractivity contribution is -0.167. The Labute approximate surface area is 361 Å². The summed E-state index contributed by atoms with van der Waals surface area (Å²) < 4.78 is 16.8. The van der Waals surface area contributed by atoms with Gasteiger partial charge in [0.15, 0.2) is 6.10 Å². The van der Waals surface area contributed by atoms with Crippen molar-refractivity contribution in [1.82, 2.24) is 0 Å². The Morgan fingerprint density at radius 1 is 0.328 bits per heavy atom. The van der Waals surface area contributed by atoms with Gasteiger partial charge in [0.1, 0.15) is 13.2 Å². The number of esters is 3. The van der Waals surface area contributed by atoms with Gasteiger partial charge < -0.3 is 14.2 Å². The molecule has 0 amide bonds. The Morgan fingerprint density at radius 2 is 0.569 bits per heavy atom.